The summed E-state index contributed by atoms with van der Waals surface area (Å²) in [5, 5.41) is 4.56. The van der Waals surface area contributed by atoms with Gasteiger partial charge in [-0.3, -0.25) is 0 Å². The minimum atomic E-state index is 0.335. The molecule has 19 heavy (non-hydrogen) atoms. The van der Waals surface area contributed by atoms with Crippen LogP contribution in [0.3, 0.4) is 0 Å². The largest absolute Gasteiger partial charge is 0.310 e. The summed E-state index contributed by atoms with van der Waals surface area (Å²) in [7, 11) is 2.21. The average Bonchev–Trinajstić information content (AvgIpc) is 2.77. The number of hydrogen-bond acceptors (Lipinski definition) is 2. The Morgan fingerprint density at radius 2 is 2.26 bits per heavy atom. The van der Waals surface area contributed by atoms with E-state index in [-0.39, 0.29) is 0 Å². The molecule has 1 N–H and O–H groups in total. The van der Waals surface area contributed by atoms with Gasteiger partial charge in [0.05, 0.1) is 0 Å². The molecule has 0 bridgehead atoms. The van der Waals surface area contributed by atoms with Crippen molar-refractivity contribution in [2.24, 2.45) is 0 Å². The number of nitrogens with one attached hydrogen (secondary N) is 1. The SMILES string of the molecule is CCCC1(CN(C)Cc2cccc(Cl)c2)CCCN1. The summed E-state index contributed by atoms with van der Waals surface area (Å²) >= 11 is 6.04. The fourth-order valence-corrected chi connectivity index (χ4v) is 3.51. The summed E-state index contributed by atoms with van der Waals surface area (Å²) in [5.74, 6) is 0. The Morgan fingerprint density at radius 3 is 2.89 bits per heavy atom. The van der Waals surface area contributed by atoms with E-state index in [9.17, 15) is 0 Å². The third kappa shape index (κ3) is 4.20. The Bertz CT molecular complexity index is 399. The van der Waals surface area contributed by atoms with E-state index in [0.717, 1.165) is 18.1 Å². The first-order valence-corrected chi connectivity index (χ1v) is 7.69. The van der Waals surface area contributed by atoms with Crippen LogP contribution in [0.15, 0.2) is 24.3 Å². The second-order valence-corrected chi connectivity index (χ2v) is 6.30. The molecule has 1 aromatic carbocycles. The summed E-state index contributed by atoms with van der Waals surface area (Å²) in [6, 6.07) is 8.17. The minimum absolute atomic E-state index is 0.335. The molecule has 1 aromatic rings. The zero-order valence-corrected chi connectivity index (χ0v) is 12.8. The fourth-order valence-electron chi connectivity index (χ4n) is 3.29. The van der Waals surface area contributed by atoms with Gasteiger partial charge in [0.15, 0.2) is 0 Å². The zero-order chi connectivity index (χ0) is 13.7. The van der Waals surface area contributed by atoms with Crippen molar-refractivity contribution < 1.29 is 0 Å². The maximum atomic E-state index is 6.04. The van der Waals surface area contributed by atoms with Gasteiger partial charge in [-0.25, -0.2) is 0 Å². The monoisotopic (exact) mass is 280 g/mol. The predicted molar refractivity (Wildman–Crippen MR) is 82.7 cm³/mol. The Morgan fingerprint density at radius 1 is 1.42 bits per heavy atom. The van der Waals surface area contributed by atoms with Gasteiger partial charge < -0.3 is 10.2 Å². The maximum Gasteiger partial charge on any atom is 0.0409 e. The number of benzene rings is 1. The summed E-state index contributed by atoms with van der Waals surface area (Å²) in [5.41, 5.74) is 1.63. The summed E-state index contributed by atoms with van der Waals surface area (Å²) < 4.78 is 0. The first kappa shape index (κ1) is 14.8. The molecule has 1 atom stereocenters. The predicted octanol–water partition coefficient (Wildman–Crippen LogP) is 3.69. The van der Waals surface area contributed by atoms with Gasteiger partial charge in [-0.15, -0.1) is 0 Å². The molecule has 1 saturated heterocycles. The highest BCUT2D eigenvalue weighted by Gasteiger charge is 2.33. The first-order valence-electron chi connectivity index (χ1n) is 7.31. The second kappa shape index (κ2) is 6.74. The molecule has 0 aliphatic carbocycles. The highest BCUT2D eigenvalue weighted by molar-refractivity contribution is 6.30. The van der Waals surface area contributed by atoms with Crippen LogP contribution < -0.4 is 5.32 Å². The van der Waals surface area contributed by atoms with Crippen molar-refractivity contribution in [2.75, 3.05) is 20.1 Å². The van der Waals surface area contributed by atoms with Gasteiger partial charge in [0.2, 0.25) is 0 Å². The van der Waals surface area contributed by atoms with Crippen molar-refractivity contribution in [3.8, 4) is 0 Å². The van der Waals surface area contributed by atoms with Gasteiger partial charge in [-0.1, -0.05) is 37.1 Å². The van der Waals surface area contributed by atoms with E-state index >= 15 is 0 Å². The quantitative estimate of drug-likeness (QED) is 0.855. The van der Waals surface area contributed by atoms with Crippen LogP contribution in [-0.2, 0) is 6.54 Å². The molecule has 1 fully saturated rings. The molecule has 0 saturated carbocycles. The summed E-state index contributed by atoms with van der Waals surface area (Å²) in [6.07, 6.45) is 5.14. The Balaban J connectivity index is 1.94. The van der Waals surface area contributed by atoms with Crippen molar-refractivity contribution in [2.45, 2.75) is 44.7 Å². The number of rotatable bonds is 6. The third-order valence-electron chi connectivity index (χ3n) is 3.97. The highest BCUT2D eigenvalue weighted by atomic mass is 35.5. The molecular weight excluding hydrogens is 256 g/mol. The summed E-state index contributed by atoms with van der Waals surface area (Å²) in [4.78, 5) is 2.42. The number of hydrogen-bond donors (Lipinski definition) is 1. The van der Waals surface area contributed by atoms with Gasteiger partial charge in [-0.05, 0) is 50.6 Å². The lowest BCUT2D eigenvalue weighted by molar-refractivity contribution is 0.207. The maximum absolute atomic E-state index is 6.04. The first-order chi connectivity index (χ1) is 9.13. The van der Waals surface area contributed by atoms with Crippen LogP contribution in [0.4, 0.5) is 0 Å². The smallest absolute Gasteiger partial charge is 0.0409 e. The van der Waals surface area contributed by atoms with E-state index in [1.165, 1.54) is 37.8 Å². The molecule has 0 radical (unpaired) electrons. The number of halogens is 1. The van der Waals surface area contributed by atoms with Gasteiger partial charge in [0.25, 0.3) is 0 Å². The normalized spacial score (nSPS) is 23.2. The van der Waals surface area contributed by atoms with E-state index in [2.05, 4.69) is 36.3 Å². The number of nitrogens with zero attached hydrogens (tertiary/aromatic N) is 1. The molecule has 1 aliphatic heterocycles. The lowest BCUT2D eigenvalue weighted by Crippen LogP contribution is -2.48. The second-order valence-electron chi connectivity index (χ2n) is 5.86. The van der Waals surface area contributed by atoms with Gasteiger partial charge in [0, 0.05) is 23.7 Å². The van der Waals surface area contributed by atoms with E-state index < -0.39 is 0 Å². The molecule has 0 amide bonds. The molecular formula is C16H25ClN2. The third-order valence-corrected chi connectivity index (χ3v) is 4.21. The fraction of sp³-hybridized carbons (Fsp3) is 0.625. The van der Waals surface area contributed by atoms with Crippen LogP contribution in [0, 0.1) is 0 Å². The standard InChI is InChI=1S/C16H25ClN2/c1-3-8-16(9-5-10-18-16)13-19(2)12-14-6-4-7-15(17)11-14/h4,6-7,11,18H,3,5,8-10,12-13H2,1-2H3. The Hall–Kier alpha value is -0.570. The molecule has 1 aliphatic rings. The van der Waals surface area contributed by atoms with Crippen LogP contribution >= 0.6 is 11.6 Å². The molecule has 2 nitrogen and oxygen atoms in total. The van der Waals surface area contributed by atoms with E-state index in [4.69, 9.17) is 11.6 Å². The minimum Gasteiger partial charge on any atom is -0.310 e. The van der Waals surface area contributed by atoms with Gasteiger partial charge in [0.1, 0.15) is 0 Å². The topological polar surface area (TPSA) is 15.3 Å². The lowest BCUT2D eigenvalue weighted by atomic mass is 9.91. The van der Waals surface area contributed by atoms with E-state index in [1.54, 1.807) is 0 Å². The summed E-state index contributed by atoms with van der Waals surface area (Å²) in [6.45, 7) is 5.53. The van der Waals surface area contributed by atoms with Crippen LogP contribution in [0.1, 0.15) is 38.2 Å². The van der Waals surface area contributed by atoms with Crippen LogP contribution in [0.5, 0.6) is 0 Å². The number of likely N-dealkylation sites (N-methyl/N-ethyl adjacent to an activating group) is 1. The molecule has 106 valence electrons. The average molecular weight is 281 g/mol. The molecule has 0 spiro atoms. The van der Waals surface area contributed by atoms with E-state index in [1.807, 2.05) is 12.1 Å². The van der Waals surface area contributed by atoms with Gasteiger partial charge in [-0.2, -0.15) is 0 Å². The highest BCUT2D eigenvalue weighted by Crippen LogP contribution is 2.26. The molecule has 2 rings (SSSR count). The van der Waals surface area contributed by atoms with Crippen LogP contribution in [0.25, 0.3) is 0 Å². The van der Waals surface area contributed by atoms with Crippen molar-refractivity contribution in [1.29, 1.82) is 0 Å². The van der Waals surface area contributed by atoms with Gasteiger partial charge >= 0.3 is 0 Å². The van der Waals surface area contributed by atoms with Crippen LogP contribution in [0.2, 0.25) is 5.02 Å². The Kier molecular flexibility index (Phi) is 5.26. The van der Waals surface area contributed by atoms with E-state index in [0.29, 0.717) is 5.54 Å². The molecule has 0 aromatic heterocycles. The van der Waals surface area contributed by atoms with Crippen LogP contribution in [-0.4, -0.2) is 30.6 Å². The Labute approximate surface area is 122 Å². The molecule has 3 heteroatoms. The molecule has 1 unspecified atom stereocenters. The zero-order valence-electron chi connectivity index (χ0n) is 12.1. The lowest BCUT2D eigenvalue weighted by Gasteiger charge is -2.34. The van der Waals surface area contributed by atoms with Crippen molar-refractivity contribution in [3.05, 3.63) is 34.9 Å². The van der Waals surface area contributed by atoms with Crippen molar-refractivity contribution in [1.82, 2.24) is 10.2 Å². The van der Waals surface area contributed by atoms with Crippen molar-refractivity contribution >= 4 is 11.6 Å². The van der Waals surface area contributed by atoms with Crippen molar-refractivity contribution in [3.63, 3.8) is 0 Å². The molecule has 1 heterocycles.